The summed E-state index contributed by atoms with van der Waals surface area (Å²) in [4.78, 5) is 16.9. The van der Waals surface area contributed by atoms with E-state index in [0.29, 0.717) is 0 Å². The number of aromatic nitrogens is 3. The summed E-state index contributed by atoms with van der Waals surface area (Å²) >= 11 is 0. The summed E-state index contributed by atoms with van der Waals surface area (Å²) in [5.41, 5.74) is 4.00. The minimum absolute atomic E-state index is 0.0368. The number of carbonyl (C=O) groups excluding carboxylic acids is 1. The predicted molar refractivity (Wildman–Crippen MR) is 92.1 cm³/mol. The fraction of sp³-hybridized carbons (Fsp3) is 0.211. The molecule has 1 N–H and O–H groups in total. The number of aryl methyl sites for hydroxylation is 1. The highest BCUT2D eigenvalue weighted by atomic mass is 16.1. The highest BCUT2D eigenvalue weighted by Gasteiger charge is 2.26. The summed E-state index contributed by atoms with van der Waals surface area (Å²) < 4.78 is 1.66. The summed E-state index contributed by atoms with van der Waals surface area (Å²) in [6, 6.07) is 15.9. The molecule has 1 atom stereocenters. The first-order valence-corrected chi connectivity index (χ1v) is 8.15. The molecule has 0 radical (unpaired) electrons. The Labute approximate surface area is 140 Å². The number of hydrogen-bond acceptors (Lipinski definition) is 3. The molecular weight excluding hydrogens is 300 g/mol. The molecule has 24 heavy (non-hydrogen) atoms. The lowest BCUT2D eigenvalue weighted by Gasteiger charge is -2.25. The number of nitrogens with one attached hydrogen (secondary N) is 1. The molecule has 0 bridgehead atoms. The Hall–Kier alpha value is -2.95. The molecule has 120 valence electrons. The molecule has 0 saturated carbocycles. The number of amides is 1. The van der Waals surface area contributed by atoms with Crippen molar-refractivity contribution < 1.29 is 4.79 Å². The Balaban J connectivity index is 1.62. The third-order valence-corrected chi connectivity index (χ3v) is 4.51. The fourth-order valence-electron chi connectivity index (χ4n) is 3.36. The van der Waals surface area contributed by atoms with Gasteiger partial charge in [-0.2, -0.15) is 5.10 Å². The van der Waals surface area contributed by atoms with Crippen LogP contribution in [0.3, 0.4) is 0 Å². The molecule has 2 aromatic carbocycles. The third-order valence-electron chi connectivity index (χ3n) is 4.51. The quantitative estimate of drug-likeness (QED) is 0.806. The molecule has 1 heterocycles. The van der Waals surface area contributed by atoms with Crippen LogP contribution in [0.1, 0.15) is 29.9 Å². The smallest absolute Gasteiger partial charge is 0.231 e. The molecular formula is C19H18N4O. The number of rotatable bonds is 3. The number of hydrogen-bond donors (Lipinski definition) is 1. The molecule has 0 fully saturated rings. The van der Waals surface area contributed by atoms with Crippen molar-refractivity contribution in [3.8, 4) is 5.69 Å². The summed E-state index contributed by atoms with van der Waals surface area (Å²) in [5, 5.41) is 7.24. The normalized spacial score (nSPS) is 16.4. The number of fused-ring (bicyclic) bond motifs is 1. The SMILES string of the molecule is O=C(Nc1ccccc1-n1cncn1)C1CCCc2ccccc21. The van der Waals surface area contributed by atoms with Crippen LogP contribution >= 0.6 is 0 Å². The van der Waals surface area contributed by atoms with Gasteiger partial charge in [-0.15, -0.1) is 0 Å². The van der Waals surface area contributed by atoms with Crippen LogP contribution in [0.2, 0.25) is 0 Å². The lowest BCUT2D eigenvalue weighted by molar-refractivity contribution is -0.117. The van der Waals surface area contributed by atoms with Crippen molar-refractivity contribution in [3.63, 3.8) is 0 Å². The van der Waals surface area contributed by atoms with Crippen LogP contribution in [0, 0.1) is 0 Å². The lowest BCUT2D eigenvalue weighted by Crippen LogP contribution is -2.25. The second-order valence-corrected chi connectivity index (χ2v) is 5.99. The van der Waals surface area contributed by atoms with E-state index in [0.717, 1.165) is 36.2 Å². The standard InChI is InChI=1S/C19H18N4O/c24-19(16-9-5-7-14-6-1-2-8-15(14)16)22-17-10-3-4-11-18(17)23-13-20-12-21-23/h1-4,6,8,10-13,16H,5,7,9H2,(H,22,24). The topological polar surface area (TPSA) is 59.8 Å². The maximum absolute atomic E-state index is 12.9. The van der Waals surface area contributed by atoms with Gasteiger partial charge in [0.15, 0.2) is 0 Å². The number of nitrogens with zero attached hydrogens (tertiary/aromatic N) is 3. The molecule has 4 rings (SSSR count). The molecule has 1 aromatic heterocycles. The van der Waals surface area contributed by atoms with E-state index in [1.807, 2.05) is 36.4 Å². The van der Waals surface area contributed by atoms with Crippen LogP contribution < -0.4 is 5.32 Å². The molecule has 0 saturated heterocycles. The van der Waals surface area contributed by atoms with Gasteiger partial charge in [0, 0.05) is 0 Å². The van der Waals surface area contributed by atoms with Crippen LogP contribution in [-0.4, -0.2) is 20.7 Å². The highest BCUT2D eigenvalue weighted by molar-refractivity contribution is 5.97. The van der Waals surface area contributed by atoms with Crippen LogP contribution in [0.25, 0.3) is 5.69 Å². The Kier molecular flexibility index (Phi) is 3.83. The van der Waals surface area contributed by atoms with E-state index in [-0.39, 0.29) is 11.8 Å². The van der Waals surface area contributed by atoms with E-state index in [1.165, 1.54) is 11.9 Å². The average Bonchev–Trinajstić information content (AvgIpc) is 3.16. The van der Waals surface area contributed by atoms with Crippen molar-refractivity contribution in [2.75, 3.05) is 5.32 Å². The molecule has 5 heteroatoms. The molecule has 1 unspecified atom stereocenters. The fourth-order valence-corrected chi connectivity index (χ4v) is 3.36. The van der Waals surface area contributed by atoms with Gasteiger partial charge in [-0.3, -0.25) is 4.79 Å². The van der Waals surface area contributed by atoms with Crippen LogP contribution in [-0.2, 0) is 11.2 Å². The summed E-state index contributed by atoms with van der Waals surface area (Å²) in [5.74, 6) is -0.0616. The zero-order chi connectivity index (χ0) is 16.4. The molecule has 5 nitrogen and oxygen atoms in total. The zero-order valence-corrected chi connectivity index (χ0v) is 13.2. The third kappa shape index (κ3) is 2.69. The van der Waals surface area contributed by atoms with Crippen molar-refractivity contribution in [3.05, 3.63) is 72.3 Å². The van der Waals surface area contributed by atoms with Crippen molar-refractivity contribution in [1.82, 2.24) is 14.8 Å². The molecule has 1 aliphatic carbocycles. The zero-order valence-electron chi connectivity index (χ0n) is 13.2. The molecule has 0 spiro atoms. The molecule has 1 amide bonds. The Morgan fingerprint density at radius 2 is 1.96 bits per heavy atom. The number of anilines is 1. The highest BCUT2D eigenvalue weighted by Crippen LogP contribution is 2.33. The summed E-state index contributed by atoms with van der Waals surface area (Å²) in [6.45, 7) is 0. The molecule has 3 aromatic rings. The van der Waals surface area contributed by atoms with E-state index >= 15 is 0 Å². The van der Waals surface area contributed by atoms with Crippen molar-refractivity contribution in [2.45, 2.75) is 25.2 Å². The van der Waals surface area contributed by atoms with Gasteiger partial charge in [-0.25, -0.2) is 9.67 Å². The number of carbonyl (C=O) groups is 1. The van der Waals surface area contributed by atoms with E-state index in [1.54, 1.807) is 11.0 Å². The first-order chi connectivity index (χ1) is 11.8. The van der Waals surface area contributed by atoms with Gasteiger partial charge < -0.3 is 5.32 Å². The summed E-state index contributed by atoms with van der Waals surface area (Å²) in [6.07, 6.45) is 6.08. The van der Waals surface area contributed by atoms with Crippen LogP contribution in [0.5, 0.6) is 0 Å². The van der Waals surface area contributed by atoms with Gasteiger partial charge in [0.1, 0.15) is 12.7 Å². The van der Waals surface area contributed by atoms with Crippen LogP contribution in [0.4, 0.5) is 5.69 Å². The van der Waals surface area contributed by atoms with Crippen molar-refractivity contribution in [2.24, 2.45) is 0 Å². The van der Waals surface area contributed by atoms with Crippen LogP contribution in [0.15, 0.2) is 61.2 Å². The average molecular weight is 318 g/mol. The Morgan fingerprint density at radius 1 is 1.12 bits per heavy atom. The Bertz CT molecular complexity index is 857. The number of benzene rings is 2. The Morgan fingerprint density at radius 3 is 2.83 bits per heavy atom. The maximum atomic E-state index is 12.9. The lowest BCUT2D eigenvalue weighted by atomic mass is 9.82. The van der Waals surface area contributed by atoms with E-state index in [4.69, 9.17) is 0 Å². The van der Waals surface area contributed by atoms with E-state index in [2.05, 4.69) is 27.5 Å². The largest absolute Gasteiger partial charge is 0.324 e. The monoisotopic (exact) mass is 318 g/mol. The van der Waals surface area contributed by atoms with Gasteiger partial charge >= 0.3 is 0 Å². The minimum atomic E-state index is -0.0984. The van der Waals surface area contributed by atoms with Crippen molar-refractivity contribution in [1.29, 1.82) is 0 Å². The molecule has 1 aliphatic rings. The molecule has 0 aliphatic heterocycles. The van der Waals surface area contributed by atoms with Gasteiger partial charge in [-0.1, -0.05) is 36.4 Å². The summed E-state index contributed by atoms with van der Waals surface area (Å²) in [7, 11) is 0. The van der Waals surface area contributed by atoms with E-state index in [9.17, 15) is 4.79 Å². The van der Waals surface area contributed by atoms with Gasteiger partial charge in [-0.05, 0) is 42.5 Å². The minimum Gasteiger partial charge on any atom is -0.324 e. The maximum Gasteiger partial charge on any atom is 0.231 e. The van der Waals surface area contributed by atoms with Gasteiger partial charge in [0.2, 0.25) is 5.91 Å². The number of para-hydroxylation sites is 2. The van der Waals surface area contributed by atoms with E-state index < -0.39 is 0 Å². The first-order valence-electron chi connectivity index (χ1n) is 8.15. The second kappa shape index (κ2) is 6.28. The van der Waals surface area contributed by atoms with Crippen molar-refractivity contribution >= 4 is 11.6 Å². The predicted octanol–water partition coefficient (Wildman–Crippen LogP) is 3.33. The first kappa shape index (κ1) is 14.6. The van der Waals surface area contributed by atoms with Gasteiger partial charge in [0.05, 0.1) is 17.3 Å². The van der Waals surface area contributed by atoms with Gasteiger partial charge in [0.25, 0.3) is 0 Å². The second-order valence-electron chi connectivity index (χ2n) is 5.99.